The quantitative estimate of drug-likeness (QED) is 0.796. The number of carbonyl (C=O) groups excluding carboxylic acids is 1. The lowest BCUT2D eigenvalue weighted by atomic mass is 9.78. The number of carbonyl (C=O) groups is 1. The molecule has 1 amide bonds. The Hall–Kier alpha value is -1.10. The summed E-state index contributed by atoms with van der Waals surface area (Å²) in [6, 6.07) is 9.90. The Labute approximate surface area is 138 Å². The van der Waals surface area contributed by atoms with Crippen molar-refractivity contribution in [2.75, 3.05) is 13.1 Å². The Bertz CT molecular complexity index is 491. The maximum absolute atomic E-state index is 12.6. The van der Waals surface area contributed by atoms with Gasteiger partial charge in [0.2, 0.25) is 5.91 Å². The van der Waals surface area contributed by atoms with Crippen LogP contribution in [0.3, 0.4) is 0 Å². The van der Waals surface area contributed by atoms with E-state index < -0.39 is 11.6 Å². The van der Waals surface area contributed by atoms with Crippen LogP contribution in [0.1, 0.15) is 37.7 Å². The minimum Gasteiger partial charge on any atom is -0.389 e. The zero-order valence-corrected chi connectivity index (χ0v) is 13.6. The summed E-state index contributed by atoms with van der Waals surface area (Å²) in [4.78, 5) is 12.6. The van der Waals surface area contributed by atoms with E-state index in [0.717, 1.165) is 44.2 Å². The van der Waals surface area contributed by atoms with Gasteiger partial charge in [-0.3, -0.25) is 4.79 Å². The number of nitrogens with one attached hydrogen (secondary N) is 2. The number of rotatable bonds is 3. The molecular formula is C17H25ClN2O2. The van der Waals surface area contributed by atoms with Gasteiger partial charge in [-0.2, -0.15) is 0 Å². The number of benzene rings is 1. The molecule has 2 aliphatic rings. The largest absolute Gasteiger partial charge is 0.389 e. The first-order chi connectivity index (χ1) is 10.2. The molecule has 1 aromatic rings. The average Bonchev–Trinajstić information content (AvgIpc) is 3.05. The minimum atomic E-state index is -0.647. The number of aliphatic hydroxyl groups is 1. The van der Waals surface area contributed by atoms with E-state index >= 15 is 0 Å². The number of aliphatic hydroxyl groups excluding tert-OH is 1. The number of hydrogen-bond donors (Lipinski definition) is 3. The fraction of sp³-hybridized carbons (Fsp3) is 0.588. The van der Waals surface area contributed by atoms with Crippen molar-refractivity contribution < 1.29 is 9.90 Å². The van der Waals surface area contributed by atoms with E-state index in [4.69, 9.17) is 0 Å². The van der Waals surface area contributed by atoms with Crippen LogP contribution in [0.5, 0.6) is 0 Å². The van der Waals surface area contributed by atoms with Crippen molar-refractivity contribution in [1.82, 2.24) is 10.6 Å². The van der Waals surface area contributed by atoms with Crippen molar-refractivity contribution >= 4 is 18.3 Å². The summed E-state index contributed by atoms with van der Waals surface area (Å²) in [7, 11) is 0. The van der Waals surface area contributed by atoms with Crippen molar-refractivity contribution in [1.29, 1.82) is 0 Å². The highest BCUT2D eigenvalue weighted by molar-refractivity contribution is 5.85. The molecule has 0 bridgehead atoms. The topological polar surface area (TPSA) is 61.4 Å². The predicted molar refractivity (Wildman–Crippen MR) is 89.0 cm³/mol. The van der Waals surface area contributed by atoms with Gasteiger partial charge in [0.25, 0.3) is 0 Å². The fourth-order valence-electron chi connectivity index (χ4n) is 3.67. The average molecular weight is 325 g/mol. The Morgan fingerprint density at radius 2 is 1.91 bits per heavy atom. The smallest absolute Gasteiger partial charge is 0.223 e. The third-order valence-corrected chi connectivity index (χ3v) is 4.96. The summed E-state index contributed by atoms with van der Waals surface area (Å²) in [5.41, 5.74) is 0.358. The zero-order chi connectivity index (χ0) is 14.7. The molecule has 1 heterocycles. The Balaban J connectivity index is 0.00000176. The van der Waals surface area contributed by atoms with Crippen LogP contribution >= 0.6 is 12.4 Å². The molecule has 1 aliphatic carbocycles. The highest BCUT2D eigenvalue weighted by atomic mass is 35.5. The Kier molecular flexibility index (Phi) is 5.84. The first-order valence-electron chi connectivity index (χ1n) is 7.99. The molecule has 3 rings (SSSR count). The molecule has 122 valence electrons. The molecule has 5 heteroatoms. The van der Waals surface area contributed by atoms with E-state index in [1.165, 1.54) is 0 Å². The molecule has 1 saturated carbocycles. The molecule has 0 radical (unpaired) electrons. The van der Waals surface area contributed by atoms with Crippen LogP contribution in [0.4, 0.5) is 0 Å². The highest BCUT2D eigenvalue weighted by Gasteiger charge is 2.43. The molecule has 4 nitrogen and oxygen atoms in total. The second-order valence-corrected chi connectivity index (χ2v) is 6.28. The van der Waals surface area contributed by atoms with Gasteiger partial charge in [0.15, 0.2) is 0 Å². The van der Waals surface area contributed by atoms with Gasteiger partial charge in [-0.1, -0.05) is 43.2 Å². The second kappa shape index (κ2) is 7.44. The summed E-state index contributed by atoms with van der Waals surface area (Å²) < 4.78 is 0. The summed E-state index contributed by atoms with van der Waals surface area (Å²) >= 11 is 0. The number of β-amino-alcohol motifs (C(OH)–C–C–N with tert-alkyl or cyclic N) is 1. The van der Waals surface area contributed by atoms with Crippen LogP contribution in [-0.2, 0) is 10.3 Å². The molecule has 2 atom stereocenters. The summed E-state index contributed by atoms with van der Waals surface area (Å²) in [5.74, 6) is 0.227. The lowest BCUT2D eigenvalue weighted by Gasteiger charge is -2.43. The summed E-state index contributed by atoms with van der Waals surface area (Å²) in [6.45, 7) is 1.32. The van der Waals surface area contributed by atoms with Gasteiger partial charge in [-0.05, 0) is 31.4 Å². The summed E-state index contributed by atoms with van der Waals surface area (Å²) in [6.07, 6.45) is 4.35. The Morgan fingerprint density at radius 1 is 1.23 bits per heavy atom. The van der Waals surface area contributed by atoms with Gasteiger partial charge < -0.3 is 15.7 Å². The first kappa shape index (κ1) is 17.3. The number of amides is 1. The van der Waals surface area contributed by atoms with Gasteiger partial charge in [-0.15, -0.1) is 12.4 Å². The van der Waals surface area contributed by atoms with Crippen LogP contribution in [0.15, 0.2) is 30.3 Å². The van der Waals surface area contributed by atoms with E-state index in [2.05, 4.69) is 10.6 Å². The van der Waals surface area contributed by atoms with Crippen LogP contribution in [0.2, 0.25) is 0 Å². The van der Waals surface area contributed by atoms with Crippen LogP contribution in [-0.4, -0.2) is 30.2 Å². The highest BCUT2D eigenvalue weighted by Crippen LogP contribution is 2.33. The monoisotopic (exact) mass is 324 g/mol. The molecule has 3 N–H and O–H groups in total. The molecular weight excluding hydrogens is 300 g/mol. The Morgan fingerprint density at radius 3 is 2.55 bits per heavy atom. The lowest BCUT2D eigenvalue weighted by molar-refractivity contribution is -0.129. The third-order valence-electron chi connectivity index (χ3n) is 4.96. The van der Waals surface area contributed by atoms with E-state index in [0.29, 0.717) is 6.54 Å². The first-order valence-corrected chi connectivity index (χ1v) is 7.99. The number of hydrogen-bond acceptors (Lipinski definition) is 3. The zero-order valence-electron chi connectivity index (χ0n) is 12.8. The SMILES string of the molecule is Cl.O=C(N[C@]1(c2ccccc2)CCNC[C@H]1O)C1CCCC1. The van der Waals surface area contributed by atoms with E-state index in [1.54, 1.807) is 0 Å². The van der Waals surface area contributed by atoms with E-state index in [-0.39, 0.29) is 24.2 Å². The molecule has 1 aromatic carbocycles. The van der Waals surface area contributed by atoms with Crippen molar-refractivity contribution in [3.8, 4) is 0 Å². The van der Waals surface area contributed by atoms with Crippen molar-refractivity contribution in [3.05, 3.63) is 35.9 Å². The van der Waals surface area contributed by atoms with Crippen LogP contribution in [0, 0.1) is 5.92 Å². The van der Waals surface area contributed by atoms with Crippen molar-refractivity contribution in [2.24, 2.45) is 5.92 Å². The molecule has 22 heavy (non-hydrogen) atoms. The maximum atomic E-state index is 12.6. The minimum absolute atomic E-state index is 0. The molecule has 1 saturated heterocycles. The van der Waals surface area contributed by atoms with Gasteiger partial charge in [0.05, 0.1) is 11.6 Å². The van der Waals surface area contributed by atoms with E-state index in [9.17, 15) is 9.90 Å². The van der Waals surface area contributed by atoms with Crippen LogP contribution in [0.25, 0.3) is 0 Å². The van der Waals surface area contributed by atoms with E-state index in [1.807, 2.05) is 30.3 Å². The normalized spacial score (nSPS) is 28.9. The number of halogens is 1. The van der Waals surface area contributed by atoms with Crippen LogP contribution < -0.4 is 10.6 Å². The van der Waals surface area contributed by atoms with Crippen molar-refractivity contribution in [2.45, 2.75) is 43.7 Å². The summed E-state index contributed by atoms with van der Waals surface area (Å²) in [5, 5.41) is 17.0. The molecule has 0 unspecified atom stereocenters. The molecule has 2 fully saturated rings. The molecule has 0 spiro atoms. The second-order valence-electron chi connectivity index (χ2n) is 6.28. The maximum Gasteiger partial charge on any atom is 0.223 e. The third kappa shape index (κ3) is 3.29. The van der Waals surface area contributed by atoms with Gasteiger partial charge in [0.1, 0.15) is 0 Å². The fourth-order valence-corrected chi connectivity index (χ4v) is 3.67. The standard InChI is InChI=1S/C17H24N2O2.ClH/c20-15-12-18-11-10-17(15,14-8-2-1-3-9-14)19-16(21)13-6-4-5-7-13;/h1-3,8-9,13,15,18,20H,4-7,10-12H2,(H,19,21);1H/t15-,17+;/m1./s1. The number of piperidine rings is 1. The molecule has 0 aromatic heterocycles. The van der Waals surface area contributed by atoms with Crippen molar-refractivity contribution in [3.63, 3.8) is 0 Å². The van der Waals surface area contributed by atoms with Gasteiger partial charge in [-0.25, -0.2) is 0 Å². The molecule has 1 aliphatic heterocycles. The predicted octanol–water partition coefficient (Wildman–Crippen LogP) is 1.96. The van der Waals surface area contributed by atoms with Gasteiger partial charge in [0, 0.05) is 12.5 Å². The lowest BCUT2D eigenvalue weighted by Crippen LogP contribution is -2.61. The van der Waals surface area contributed by atoms with Gasteiger partial charge >= 0.3 is 0 Å².